The minimum Gasteiger partial charge on any atom is -0.497 e. The molecule has 2 aliphatic rings. The molecule has 0 bridgehead atoms. The third-order valence-corrected chi connectivity index (χ3v) is 6.36. The Morgan fingerprint density at radius 1 is 1.09 bits per heavy atom. The minimum atomic E-state index is -0.338. The van der Waals surface area contributed by atoms with Crippen molar-refractivity contribution in [1.29, 1.82) is 0 Å². The maximum atomic E-state index is 13.3. The first-order valence-electron chi connectivity index (χ1n) is 11.6. The number of amides is 2. The zero-order valence-electron chi connectivity index (χ0n) is 19.2. The molecule has 1 heterocycles. The molecule has 1 unspecified atom stereocenters. The second-order valence-corrected chi connectivity index (χ2v) is 8.43. The van der Waals surface area contributed by atoms with E-state index in [0.29, 0.717) is 44.5 Å². The highest BCUT2D eigenvalue weighted by Crippen LogP contribution is 2.32. The topological polar surface area (TPSA) is 88.2 Å². The molecular formula is C24H35N3O5. The molecule has 32 heavy (non-hydrogen) atoms. The van der Waals surface area contributed by atoms with Crippen molar-refractivity contribution >= 4 is 23.5 Å². The van der Waals surface area contributed by atoms with Crippen molar-refractivity contribution in [2.75, 3.05) is 45.2 Å². The number of carbonyl (C=O) groups excluding carboxylic acids is 3. The van der Waals surface area contributed by atoms with Gasteiger partial charge in [-0.25, -0.2) is 0 Å². The number of nitrogens with one attached hydrogen (secondary N) is 1. The molecule has 1 saturated heterocycles. The average Bonchev–Trinajstić information content (AvgIpc) is 3.32. The number of nitrogens with zero attached hydrogens (tertiary/aromatic N) is 2. The third-order valence-electron chi connectivity index (χ3n) is 6.36. The maximum Gasteiger partial charge on any atom is 0.306 e. The number of hydrogen-bond acceptors (Lipinski definition) is 6. The Bertz CT molecular complexity index is 786. The van der Waals surface area contributed by atoms with E-state index in [1.807, 2.05) is 24.3 Å². The Kier molecular flexibility index (Phi) is 8.90. The van der Waals surface area contributed by atoms with Gasteiger partial charge in [-0.15, -0.1) is 0 Å². The van der Waals surface area contributed by atoms with Crippen LogP contribution in [0.4, 0.5) is 5.69 Å². The molecule has 0 spiro atoms. The molecule has 2 amide bonds. The van der Waals surface area contributed by atoms with Gasteiger partial charge in [0.25, 0.3) is 0 Å². The van der Waals surface area contributed by atoms with Crippen LogP contribution in [0.5, 0.6) is 5.75 Å². The summed E-state index contributed by atoms with van der Waals surface area (Å²) in [6.07, 6.45) is 4.69. The standard InChI is InChI=1S/C24H35N3O5/c1-3-32-22(29)12-11-21(28)26-13-15-27(16-14-26)23(18-7-4-5-8-18)24(30)25-19-9-6-10-20(17-19)31-2/h6,9-10,17-18,23H,3-5,7-8,11-16H2,1-2H3,(H,25,30). The van der Waals surface area contributed by atoms with Gasteiger partial charge < -0.3 is 19.7 Å². The van der Waals surface area contributed by atoms with Crippen LogP contribution in [0.25, 0.3) is 0 Å². The van der Waals surface area contributed by atoms with E-state index < -0.39 is 0 Å². The summed E-state index contributed by atoms with van der Waals surface area (Å²) in [7, 11) is 1.61. The van der Waals surface area contributed by atoms with E-state index in [9.17, 15) is 14.4 Å². The first-order chi connectivity index (χ1) is 15.5. The smallest absolute Gasteiger partial charge is 0.306 e. The van der Waals surface area contributed by atoms with Crippen LogP contribution in [-0.4, -0.2) is 73.5 Å². The van der Waals surface area contributed by atoms with Crippen LogP contribution in [0.2, 0.25) is 0 Å². The summed E-state index contributed by atoms with van der Waals surface area (Å²) in [6.45, 7) is 4.51. The van der Waals surface area contributed by atoms with E-state index in [4.69, 9.17) is 9.47 Å². The predicted octanol–water partition coefficient (Wildman–Crippen LogP) is 2.68. The summed E-state index contributed by atoms with van der Waals surface area (Å²) < 4.78 is 10.2. The number of ether oxygens (including phenoxy) is 2. The molecule has 1 aromatic carbocycles. The molecule has 1 aromatic rings. The zero-order chi connectivity index (χ0) is 22.9. The maximum absolute atomic E-state index is 13.3. The summed E-state index contributed by atoms with van der Waals surface area (Å²) in [5.74, 6) is 0.667. The highest BCUT2D eigenvalue weighted by molar-refractivity contribution is 5.95. The monoisotopic (exact) mass is 445 g/mol. The quantitative estimate of drug-likeness (QED) is 0.588. The van der Waals surface area contributed by atoms with Gasteiger partial charge in [0.15, 0.2) is 0 Å². The number of methoxy groups -OCH3 is 1. The Labute approximate surface area is 190 Å². The lowest BCUT2D eigenvalue weighted by Crippen LogP contribution is -2.56. The van der Waals surface area contributed by atoms with Gasteiger partial charge in [-0.05, 0) is 37.8 Å². The molecule has 1 aliphatic carbocycles. The normalized spacial score (nSPS) is 18.2. The van der Waals surface area contributed by atoms with Crippen LogP contribution >= 0.6 is 0 Å². The van der Waals surface area contributed by atoms with Crippen molar-refractivity contribution in [3.8, 4) is 5.75 Å². The number of rotatable bonds is 9. The minimum absolute atomic E-state index is 0.00670. The number of carbonyl (C=O) groups is 3. The van der Waals surface area contributed by atoms with Gasteiger partial charge >= 0.3 is 5.97 Å². The average molecular weight is 446 g/mol. The second kappa shape index (κ2) is 11.9. The lowest BCUT2D eigenvalue weighted by Gasteiger charge is -2.40. The largest absolute Gasteiger partial charge is 0.497 e. The molecule has 1 saturated carbocycles. The molecule has 8 nitrogen and oxygen atoms in total. The SMILES string of the molecule is CCOC(=O)CCC(=O)N1CCN(C(C(=O)Nc2cccc(OC)c2)C2CCCC2)CC1. The molecule has 176 valence electrons. The highest BCUT2D eigenvalue weighted by atomic mass is 16.5. The summed E-state index contributed by atoms with van der Waals surface area (Å²) in [5.41, 5.74) is 0.727. The highest BCUT2D eigenvalue weighted by Gasteiger charge is 2.37. The molecule has 0 radical (unpaired) electrons. The second-order valence-electron chi connectivity index (χ2n) is 8.43. The van der Waals surface area contributed by atoms with Crippen molar-refractivity contribution in [2.45, 2.75) is 51.5 Å². The Morgan fingerprint density at radius 2 is 1.81 bits per heavy atom. The van der Waals surface area contributed by atoms with Gasteiger partial charge in [0, 0.05) is 44.4 Å². The van der Waals surface area contributed by atoms with Gasteiger partial charge in [0.1, 0.15) is 5.75 Å². The van der Waals surface area contributed by atoms with E-state index in [0.717, 1.165) is 31.4 Å². The molecule has 0 aromatic heterocycles. The van der Waals surface area contributed by atoms with Crippen molar-refractivity contribution in [1.82, 2.24) is 9.80 Å². The van der Waals surface area contributed by atoms with Gasteiger partial charge in [0.05, 0.1) is 26.2 Å². The summed E-state index contributed by atoms with van der Waals surface area (Å²) >= 11 is 0. The van der Waals surface area contributed by atoms with E-state index >= 15 is 0 Å². The van der Waals surface area contributed by atoms with Crippen LogP contribution < -0.4 is 10.1 Å². The Hall–Kier alpha value is -2.61. The van der Waals surface area contributed by atoms with E-state index in [1.165, 1.54) is 0 Å². The molecular weight excluding hydrogens is 410 g/mol. The summed E-state index contributed by atoms with van der Waals surface area (Å²) in [4.78, 5) is 41.4. The van der Waals surface area contributed by atoms with Crippen molar-refractivity contribution in [3.63, 3.8) is 0 Å². The van der Waals surface area contributed by atoms with Gasteiger partial charge in [-0.2, -0.15) is 0 Å². The number of hydrogen-bond donors (Lipinski definition) is 1. The van der Waals surface area contributed by atoms with Crippen LogP contribution in [0.3, 0.4) is 0 Å². The van der Waals surface area contributed by atoms with Gasteiger partial charge in [0.2, 0.25) is 11.8 Å². The Balaban J connectivity index is 1.59. The van der Waals surface area contributed by atoms with Crippen LogP contribution in [-0.2, 0) is 19.1 Å². The van der Waals surface area contributed by atoms with Crippen molar-refractivity contribution in [2.24, 2.45) is 5.92 Å². The predicted molar refractivity (Wildman–Crippen MR) is 121 cm³/mol. The first kappa shape index (κ1) is 24.0. The zero-order valence-corrected chi connectivity index (χ0v) is 19.2. The fraction of sp³-hybridized carbons (Fsp3) is 0.625. The molecule has 1 atom stereocenters. The van der Waals surface area contributed by atoms with Crippen LogP contribution in [0, 0.1) is 5.92 Å². The fourth-order valence-electron chi connectivity index (χ4n) is 4.72. The van der Waals surface area contributed by atoms with Gasteiger partial charge in [-0.3, -0.25) is 19.3 Å². The van der Waals surface area contributed by atoms with Crippen LogP contribution in [0.15, 0.2) is 24.3 Å². The lowest BCUT2D eigenvalue weighted by atomic mass is 9.94. The molecule has 8 heteroatoms. The Morgan fingerprint density at radius 3 is 2.47 bits per heavy atom. The van der Waals surface area contributed by atoms with Crippen molar-refractivity contribution < 1.29 is 23.9 Å². The van der Waals surface area contributed by atoms with Gasteiger partial charge in [-0.1, -0.05) is 18.9 Å². The van der Waals surface area contributed by atoms with E-state index in [2.05, 4.69) is 10.2 Å². The summed E-state index contributed by atoms with van der Waals surface area (Å²) in [5, 5.41) is 3.08. The number of esters is 1. The van der Waals surface area contributed by atoms with E-state index in [1.54, 1.807) is 18.9 Å². The lowest BCUT2D eigenvalue weighted by molar-refractivity contribution is -0.146. The van der Waals surface area contributed by atoms with Crippen molar-refractivity contribution in [3.05, 3.63) is 24.3 Å². The number of anilines is 1. The van der Waals surface area contributed by atoms with E-state index in [-0.39, 0.29) is 36.7 Å². The fourth-order valence-corrected chi connectivity index (χ4v) is 4.72. The first-order valence-corrected chi connectivity index (χ1v) is 11.6. The molecule has 2 fully saturated rings. The number of piperazine rings is 1. The molecule has 1 N–H and O–H groups in total. The molecule has 1 aliphatic heterocycles. The third kappa shape index (κ3) is 6.45. The molecule has 3 rings (SSSR count). The number of benzene rings is 1. The van der Waals surface area contributed by atoms with Crippen LogP contribution in [0.1, 0.15) is 45.4 Å². The summed E-state index contributed by atoms with van der Waals surface area (Å²) in [6, 6.07) is 7.19.